The van der Waals surface area contributed by atoms with E-state index in [4.69, 9.17) is 4.74 Å². The van der Waals surface area contributed by atoms with Crippen LogP contribution in [0.2, 0.25) is 0 Å². The number of nitrogens with zero attached hydrogens (tertiary/aromatic N) is 2. The summed E-state index contributed by atoms with van der Waals surface area (Å²) in [5.74, 6) is 0.384. The predicted molar refractivity (Wildman–Crippen MR) is 121 cm³/mol. The number of carbonyl (C=O) groups excluding carboxylic acids is 1. The SMILES string of the molecule is COc1ccc(C)cc1CN(C)C(=O)c1cc2c(Cc3ccccc3)n[nH]c2cc1O. The molecule has 0 aliphatic heterocycles. The van der Waals surface area contributed by atoms with Gasteiger partial charge in [0.25, 0.3) is 5.91 Å². The largest absolute Gasteiger partial charge is 0.507 e. The van der Waals surface area contributed by atoms with Crippen molar-refractivity contribution in [1.82, 2.24) is 15.1 Å². The molecule has 158 valence electrons. The summed E-state index contributed by atoms with van der Waals surface area (Å²) >= 11 is 0. The number of aromatic hydroxyl groups is 1. The molecule has 1 aromatic heterocycles. The fraction of sp³-hybridized carbons (Fsp3) is 0.200. The van der Waals surface area contributed by atoms with Gasteiger partial charge in [0.15, 0.2) is 0 Å². The Balaban J connectivity index is 1.63. The number of aromatic nitrogens is 2. The maximum Gasteiger partial charge on any atom is 0.257 e. The van der Waals surface area contributed by atoms with Gasteiger partial charge in [-0.1, -0.05) is 48.0 Å². The molecule has 6 heteroatoms. The number of nitrogens with one attached hydrogen (secondary N) is 1. The highest BCUT2D eigenvalue weighted by Gasteiger charge is 2.20. The molecule has 6 nitrogen and oxygen atoms in total. The molecule has 0 aliphatic rings. The lowest BCUT2D eigenvalue weighted by Gasteiger charge is -2.20. The van der Waals surface area contributed by atoms with E-state index in [1.54, 1.807) is 31.2 Å². The van der Waals surface area contributed by atoms with Crippen LogP contribution >= 0.6 is 0 Å². The summed E-state index contributed by atoms with van der Waals surface area (Å²) in [6.07, 6.45) is 0.635. The highest BCUT2D eigenvalue weighted by atomic mass is 16.5. The van der Waals surface area contributed by atoms with Gasteiger partial charge >= 0.3 is 0 Å². The number of H-pyrrole nitrogens is 1. The average Bonchev–Trinajstić information content (AvgIpc) is 3.14. The Morgan fingerprint density at radius 2 is 1.90 bits per heavy atom. The van der Waals surface area contributed by atoms with Gasteiger partial charge in [0.1, 0.15) is 11.5 Å². The smallest absolute Gasteiger partial charge is 0.257 e. The molecule has 4 rings (SSSR count). The second kappa shape index (κ2) is 8.52. The molecule has 3 aromatic carbocycles. The van der Waals surface area contributed by atoms with Gasteiger partial charge in [0.2, 0.25) is 0 Å². The van der Waals surface area contributed by atoms with E-state index in [1.807, 2.05) is 55.5 Å². The Morgan fingerprint density at radius 1 is 1.13 bits per heavy atom. The minimum Gasteiger partial charge on any atom is -0.507 e. The van der Waals surface area contributed by atoms with Crippen molar-refractivity contribution in [1.29, 1.82) is 0 Å². The lowest BCUT2D eigenvalue weighted by Crippen LogP contribution is -2.26. The highest BCUT2D eigenvalue weighted by Crippen LogP contribution is 2.29. The van der Waals surface area contributed by atoms with Crippen LogP contribution < -0.4 is 4.74 Å². The molecule has 1 heterocycles. The van der Waals surface area contributed by atoms with Crippen molar-refractivity contribution in [2.75, 3.05) is 14.2 Å². The first-order valence-electron chi connectivity index (χ1n) is 10.1. The Bertz CT molecular complexity index is 1230. The number of hydrogen-bond donors (Lipinski definition) is 2. The third-order valence-corrected chi connectivity index (χ3v) is 5.39. The Labute approximate surface area is 181 Å². The minimum absolute atomic E-state index is 0.0736. The van der Waals surface area contributed by atoms with Gasteiger partial charge in [-0.15, -0.1) is 0 Å². The molecule has 0 bridgehead atoms. The maximum atomic E-state index is 13.2. The van der Waals surface area contributed by atoms with Crippen LogP contribution in [0.25, 0.3) is 10.9 Å². The zero-order valence-corrected chi connectivity index (χ0v) is 17.8. The van der Waals surface area contributed by atoms with Gasteiger partial charge in [-0.05, 0) is 24.6 Å². The van der Waals surface area contributed by atoms with E-state index in [2.05, 4.69) is 10.2 Å². The van der Waals surface area contributed by atoms with Crippen molar-refractivity contribution in [2.24, 2.45) is 0 Å². The zero-order chi connectivity index (χ0) is 22.0. The quantitative estimate of drug-likeness (QED) is 0.488. The number of carbonyl (C=O) groups is 1. The summed E-state index contributed by atoms with van der Waals surface area (Å²) in [6, 6.07) is 19.2. The van der Waals surface area contributed by atoms with Gasteiger partial charge in [0, 0.05) is 37.0 Å². The fourth-order valence-electron chi connectivity index (χ4n) is 3.77. The van der Waals surface area contributed by atoms with E-state index < -0.39 is 0 Å². The van der Waals surface area contributed by atoms with Crippen LogP contribution in [0.15, 0.2) is 60.7 Å². The monoisotopic (exact) mass is 415 g/mol. The minimum atomic E-state index is -0.269. The van der Waals surface area contributed by atoms with E-state index in [0.29, 0.717) is 18.5 Å². The van der Waals surface area contributed by atoms with E-state index in [1.165, 1.54) is 0 Å². The fourth-order valence-corrected chi connectivity index (χ4v) is 3.77. The summed E-state index contributed by atoms with van der Waals surface area (Å²) < 4.78 is 5.43. The summed E-state index contributed by atoms with van der Waals surface area (Å²) in [5, 5.41) is 18.7. The number of phenolic OH excluding ortho intramolecular Hbond substituents is 1. The number of rotatable bonds is 6. The molecule has 0 radical (unpaired) electrons. The van der Waals surface area contributed by atoms with Crippen molar-refractivity contribution in [3.63, 3.8) is 0 Å². The first kappa shape index (κ1) is 20.5. The molecule has 1 amide bonds. The van der Waals surface area contributed by atoms with E-state index in [0.717, 1.165) is 33.5 Å². The molecule has 0 saturated carbocycles. The molecule has 0 aliphatic carbocycles. The highest BCUT2D eigenvalue weighted by molar-refractivity contribution is 6.01. The number of methoxy groups -OCH3 is 1. The van der Waals surface area contributed by atoms with Gasteiger partial charge in [-0.2, -0.15) is 5.10 Å². The second-order valence-electron chi connectivity index (χ2n) is 7.72. The van der Waals surface area contributed by atoms with E-state index in [-0.39, 0.29) is 17.2 Å². The van der Waals surface area contributed by atoms with Crippen LogP contribution in [0, 0.1) is 6.92 Å². The van der Waals surface area contributed by atoms with Crippen LogP contribution in [0.4, 0.5) is 0 Å². The van der Waals surface area contributed by atoms with Crippen molar-refractivity contribution in [3.05, 3.63) is 88.6 Å². The molecule has 0 saturated heterocycles. The maximum absolute atomic E-state index is 13.2. The molecule has 0 unspecified atom stereocenters. The van der Waals surface area contributed by atoms with E-state index in [9.17, 15) is 9.90 Å². The third kappa shape index (κ3) is 4.23. The number of benzene rings is 3. The van der Waals surface area contributed by atoms with Gasteiger partial charge in [-0.3, -0.25) is 9.89 Å². The molecule has 0 fully saturated rings. The van der Waals surface area contributed by atoms with Gasteiger partial charge < -0.3 is 14.7 Å². The molecular weight excluding hydrogens is 390 g/mol. The number of aryl methyl sites for hydroxylation is 1. The summed E-state index contributed by atoms with van der Waals surface area (Å²) in [4.78, 5) is 14.8. The average molecular weight is 415 g/mol. The number of fused-ring (bicyclic) bond motifs is 1. The molecule has 0 spiro atoms. The second-order valence-corrected chi connectivity index (χ2v) is 7.72. The predicted octanol–water partition coefficient (Wildman–Crippen LogP) is 4.45. The van der Waals surface area contributed by atoms with Gasteiger partial charge in [-0.25, -0.2) is 0 Å². The van der Waals surface area contributed by atoms with Crippen LogP contribution in [0.1, 0.15) is 32.7 Å². The molecule has 31 heavy (non-hydrogen) atoms. The first-order chi connectivity index (χ1) is 15.0. The van der Waals surface area contributed by atoms with E-state index >= 15 is 0 Å². The number of hydrogen-bond acceptors (Lipinski definition) is 4. The Morgan fingerprint density at radius 3 is 2.65 bits per heavy atom. The Kier molecular flexibility index (Phi) is 5.62. The van der Waals surface area contributed by atoms with Crippen molar-refractivity contribution >= 4 is 16.8 Å². The number of ether oxygens (including phenoxy) is 1. The van der Waals surface area contributed by atoms with Crippen molar-refractivity contribution in [2.45, 2.75) is 19.9 Å². The van der Waals surface area contributed by atoms with Crippen molar-refractivity contribution in [3.8, 4) is 11.5 Å². The third-order valence-electron chi connectivity index (χ3n) is 5.39. The molecular formula is C25H25N3O3. The number of phenols is 1. The van der Waals surface area contributed by atoms with Crippen molar-refractivity contribution < 1.29 is 14.6 Å². The lowest BCUT2D eigenvalue weighted by atomic mass is 10.0. The van der Waals surface area contributed by atoms with Crippen LogP contribution in [-0.2, 0) is 13.0 Å². The molecule has 4 aromatic rings. The Hall–Kier alpha value is -3.80. The molecule has 2 N–H and O–H groups in total. The number of amides is 1. The zero-order valence-electron chi connectivity index (χ0n) is 17.8. The number of aromatic amines is 1. The first-order valence-corrected chi connectivity index (χ1v) is 10.1. The lowest BCUT2D eigenvalue weighted by molar-refractivity contribution is 0.0781. The van der Waals surface area contributed by atoms with Gasteiger partial charge in [0.05, 0.1) is 23.9 Å². The molecule has 0 atom stereocenters. The van der Waals surface area contributed by atoms with Crippen LogP contribution in [-0.4, -0.2) is 40.3 Å². The van der Waals surface area contributed by atoms with Crippen LogP contribution in [0.5, 0.6) is 11.5 Å². The topological polar surface area (TPSA) is 78.5 Å². The normalized spacial score (nSPS) is 10.9. The summed E-state index contributed by atoms with van der Waals surface area (Å²) in [5.41, 5.74) is 4.90. The summed E-state index contributed by atoms with van der Waals surface area (Å²) in [6.45, 7) is 2.36. The summed E-state index contributed by atoms with van der Waals surface area (Å²) in [7, 11) is 3.33. The van der Waals surface area contributed by atoms with Crippen LogP contribution in [0.3, 0.4) is 0 Å². The standard InChI is InChI=1S/C25H25N3O3/c1-16-9-10-24(31-3)18(11-16)15-28(2)25(30)20-13-19-21(12-17-7-5-4-6-8-17)26-27-22(19)14-23(20)29/h4-11,13-14,29H,12,15H2,1-3H3,(H,26,27).